The Labute approximate surface area is 112 Å². The molecule has 19 heavy (non-hydrogen) atoms. The molecule has 0 bridgehead atoms. The summed E-state index contributed by atoms with van der Waals surface area (Å²) in [4.78, 5) is 4.79. The second kappa shape index (κ2) is 4.26. The summed E-state index contributed by atoms with van der Waals surface area (Å²) < 4.78 is 7.72. The predicted molar refractivity (Wildman–Crippen MR) is 76.2 cm³/mol. The van der Waals surface area contributed by atoms with Crippen molar-refractivity contribution in [3.05, 3.63) is 54.2 Å². The van der Waals surface area contributed by atoms with Crippen molar-refractivity contribution in [1.29, 1.82) is 0 Å². The molecule has 3 aromatic rings. The van der Waals surface area contributed by atoms with Crippen molar-refractivity contribution in [2.45, 2.75) is 32.7 Å². The fourth-order valence-electron chi connectivity index (χ4n) is 2.37. The van der Waals surface area contributed by atoms with E-state index in [0.717, 1.165) is 29.2 Å². The molecular formula is C16H18N2O. The van der Waals surface area contributed by atoms with Crippen LogP contribution in [0.3, 0.4) is 0 Å². The molecule has 0 saturated heterocycles. The van der Waals surface area contributed by atoms with Gasteiger partial charge in [-0.15, -0.1) is 0 Å². The Morgan fingerprint density at radius 3 is 2.58 bits per heavy atom. The Morgan fingerprint density at radius 1 is 1.11 bits per heavy atom. The van der Waals surface area contributed by atoms with Crippen LogP contribution in [0.5, 0.6) is 0 Å². The average molecular weight is 254 g/mol. The normalized spacial score (nSPS) is 12.2. The van der Waals surface area contributed by atoms with Crippen molar-refractivity contribution in [2.75, 3.05) is 0 Å². The molecule has 0 spiro atoms. The first-order valence-electron chi connectivity index (χ1n) is 6.54. The Bertz CT molecular complexity index is 687. The lowest BCUT2D eigenvalue weighted by Gasteiger charge is -2.19. The van der Waals surface area contributed by atoms with E-state index in [2.05, 4.69) is 43.5 Å². The fraction of sp³-hybridized carbons (Fsp3) is 0.312. The molecule has 3 nitrogen and oxygen atoms in total. The van der Waals surface area contributed by atoms with E-state index < -0.39 is 0 Å². The van der Waals surface area contributed by atoms with Gasteiger partial charge in [0.1, 0.15) is 11.6 Å². The number of furan rings is 1. The first-order chi connectivity index (χ1) is 9.05. The number of hydrogen-bond acceptors (Lipinski definition) is 2. The van der Waals surface area contributed by atoms with Gasteiger partial charge in [-0.05, 0) is 24.3 Å². The predicted octanol–water partition coefficient (Wildman–Crippen LogP) is 3.98. The van der Waals surface area contributed by atoms with Crippen molar-refractivity contribution in [3.8, 4) is 0 Å². The molecule has 0 radical (unpaired) electrons. The van der Waals surface area contributed by atoms with E-state index in [0.29, 0.717) is 0 Å². The second-order valence-corrected chi connectivity index (χ2v) is 5.84. The van der Waals surface area contributed by atoms with E-state index in [1.807, 2.05) is 18.2 Å². The number of nitrogens with zero attached hydrogens (tertiary/aromatic N) is 2. The summed E-state index contributed by atoms with van der Waals surface area (Å²) >= 11 is 0. The Morgan fingerprint density at radius 2 is 1.89 bits per heavy atom. The lowest BCUT2D eigenvalue weighted by atomic mass is 9.95. The van der Waals surface area contributed by atoms with Crippen LogP contribution in [0.4, 0.5) is 0 Å². The first kappa shape index (κ1) is 12.0. The van der Waals surface area contributed by atoms with Crippen molar-refractivity contribution in [1.82, 2.24) is 9.55 Å². The summed E-state index contributed by atoms with van der Waals surface area (Å²) in [6, 6.07) is 12.2. The van der Waals surface area contributed by atoms with Gasteiger partial charge >= 0.3 is 0 Å². The number of aromatic nitrogens is 2. The molecule has 0 aliphatic heterocycles. The number of fused-ring (bicyclic) bond motifs is 1. The van der Waals surface area contributed by atoms with Crippen molar-refractivity contribution < 1.29 is 4.42 Å². The van der Waals surface area contributed by atoms with Crippen LogP contribution in [0, 0.1) is 0 Å². The molecular weight excluding hydrogens is 236 g/mol. The van der Waals surface area contributed by atoms with Gasteiger partial charge in [0.05, 0.1) is 23.8 Å². The van der Waals surface area contributed by atoms with Crippen LogP contribution in [0.2, 0.25) is 0 Å². The van der Waals surface area contributed by atoms with Gasteiger partial charge in [0.25, 0.3) is 0 Å². The summed E-state index contributed by atoms with van der Waals surface area (Å²) in [7, 11) is 0. The quantitative estimate of drug-likeness (QED) is 0.692. The summed E-state index contributed by atoms with van der Waals surface area (Å²) in [5.41, 5.74) is 2.20. The molecule has 2 heterocycles. The molecule has 0 aliphatic carbocycles. The minimum absolute atomic E-state index is 0.00557. The zero-order valence-corrected chi connectivity index (χ0v) is 11.6. The molecule has 1 aromatic carbocycles. The SMILES string of the molecule is CC(C)(C)c1nc2ccccc2n1Cc1ccco1. The van der Waals surface area contributed by atoms with E-state index >= 15 is 0 Å². The molecule has 0 amide bonds. The zero-order chi connectivity index (χ0) is 13.5. The highest BCUT2D eigenvalue weighted by Crippen LogP contribution is 2.27. The van der Waals surface area contributed by atoms with Gasteiger partial charge in [0, 0.05) is 5.41 Å². The summed E-state index contributed by atoms with van der Waals surface area (Å²) in [6.07, 6.45) is 1.71. The fourth-order valence-corrected chi connectivity index (χ4v) is 2.37. The van der Waals surface area contributed by atoms with Crippen LogP contribution in [-0.4, -0.2) is 9.55 Å². The van der Waals surface area contributed by atoms with Gasteiger partial charge in [0.15, 0.2) is 0 Å². The Hall–Kier alpha value is -2.03. The van der Waals surface area contributed by atoms with Crippen LogP contribution < -0.4 is 0 Å². The monoisotopic (exact) mass is 254 g/mol. The molecule has 0 N–H and O–H groups in total. The molecule has 2 aromatic heterocycles. The summed E-state index contributed by atoms with van der Waals surface area (Å²) in [5, 5.41) is 0. The lowest BCUT2D eigenvalue weighted by Crippen LogP contribution is -2.19. The summed E-state index contributed by atoms with van der Waals surface area (Å²) in [5.74, 6) is 2.04. The van der Waals surface area contributed by atoms with Crippen LogP contribution in [0.15, 0.2) is 47.1 Å². The highest BCUT2D eigenvalue weighted by Gasteiger charge is 2.23. The second-order valence-electron chi connectivity index (χ2n) is 5.84. The lowest BCUT2D eigenvalue weighted by molar-refractivity contribution is 0.467. The van der Waals surface area contributed by atoms with E-state index in [-0.39, 0.29) is 5.41 Å². The standard InChI is InChI=1S/C16H18N2O/c1-16(2,3)15-17-13-8-4-5-9-14(13)18(15)11-12-7-6-10-19-12/h4-10H,11H2,1-3H3. The molecule has 0 saturated carbocycles. The van der Waals surface area contributed by atoms with Crippen LogP contribution in [0.1, 0.15) is 32.4 Å². The van der Waals surface area contributed by atoms with Gasteiger partial charge in [0.2, 0.25) is 0 Å². The number of hydrogen-bond donors (Lipinski definition) is 0. The average Bonchev–Trinajstić information content (AvgIpc) is 2.97. The zero-order valence-electron chi connectivity index (χ0n) is 11.6. The van der Waals surface area contributed by atoms with E-state index in [1.54, 1.807) is 6.26 Å². The third-order valence-corrected chi connectivity index (χ3v) is 3.22. The van der Waals surface area contributed by atoms with Gasteiger partial charge in [-0.1, -0.05) is 32.9 Å². The highest BCUT2D eigenvalue weighted by atomic mass is 16.3. The van der Waals surface area contributed by atoms with Crippen molar-refractivity contribution in [3.63, 3.8) is 0 Å². The number of benzene rings is 1. The van der Waals surface area contributed by atoms with Crippen molar-refractivity contribution in [2.24, 2.45) is 0 Å². The minimum Gasteiger partial charge on any atom is -0.467 e. The molecule has 0 unspecified atom stereocenters. The number of rotatable bonds is 2. The van der Waals surface area contributed by atoms with Gasteiger partial charge < -0.3 is 8.98 Å². The molecule has 3 rings (SSSR count). The first-order valence-corrected chi connectivity index (χ1v) is 6.54. The molecule has 0 aliphatic rings. The molecule has 0 atom stereocenters. The maximum Gasteiger partial charge on any atom is 0.123 e. The van der Waals surface area contributed by atoms with E-state index in [9.17, 15) is 0 Å². The maximum absolute atomic E-state index is 5.47. The van der Waals surface area contributed by atoms with Gasteiger partial charge in [-0.3, -0.25) is 0 Å². The Balaban J connectivity index is 2.19. The molecule has 98 valence electrons. The molecule has 3 heteroatoms. The third kappa shape index (κ3) is 2.16. The van der Waals surface area contributed by atoms with Crippen LogP contribution in [0.25, 0.3) is 11.0 Å². The van der Waals surface area contributed by atoms with E-state index in [1.165, 1.54) is 0 Å². The highest BCUT2D eigenvalue weighted by molar-refractivity contribution is 5.76. The smallest absolute Gasteiger partial charge is 0.123 e. The van der Waals surface area contributed by atoms with Gasteiger partial charge in [-0.2, -0.15) is 0 Å². The largest absolute Gasteiger partial charge is 0.467 e. The minimum atomic E-state index is 0.00557. The third-order valence-electron chi connectivity index (χ3n) is 3.22. The molecule has 0 fully saturated rings. The number of imidazole rings is 1. The van der Waals surface area contributed by atoms with Gasteiger partial charge in [-0.25, -0.2) is 4.98 Å². The van der Waals surface area contributed by atoms with Crippen molar-refractivity contribution >= 4 is 11.0 Å². The van der Waals surface area contributed by atoms with E-state index in [4.69, 9.17) is 9.40 Å². The topological polar surface area (TPSA) is 31.0 Å². The van der Waals surface area contributed by atoms with Crippen LogP contribution in [-0.2, 0) is 12.0 Å². The summed E-state index contributed by atoms with van der Waals surface area (Å²) in [6.45, 7) is 7.28. The number of para-hydroxylation sites is 2. The Kier molecular flexibility index (Phi) is 2.70. The van der Waals surface area contributed by atoms with Crippen LogP contribution >= 0.6 is 0 Å². The maximum atomic E-state index is 5.47.